The third-order valence-corrected chi connectivity index (χ3v) is 5.40. The van der Waals surface area contributed by atoms with Crippen molar-refractivity contribution in [3.8, 4) is 0 Å². The first kappa shape index (κ1) is 12.8. The predicted molar refractivity (Wildman–Crippen MR) is 82.4 cm³/mol. The molecule has 2 atom stereocenters. The van der Waals surface area contributed by atoms with E-state index in [1.807, 2.05) is 6.07 Å². The topological polar surface area (TPSA) is 38.0 Å². The quantitative estimate of drug-likeness (QED) is 0.685. The molecule has 1 aromatic rings. The molecule has 1 aromatic carbocycles. The molecule has 0 spiro atoms. The fourth-order valence-electron chi connectivity index (χ4n) is 4.22. The first-order valence-electron chi connectivity index (χ1n) is 7.46. The number of nitrogen functional groups attached to an aromatic ring is 1. The second-order valence-corrected chi connectivity index (χ2v) is 7.79. The van der Waals surface area contributed by atoms with Gasteiger partial charge < -0.3 is 11.1 Å². The van der Waals surface area contributed by atoms with Crippen LogP contribution in [0.25, 0.3) is 0 Å². The number of hydrogen-bond donors (Lipinski definition) is 2. The average Bonchev–Trinajstić information content (AvgIpc) is 2.29. The maximum Gasteiger partial charge on any atom is 0.0382 e. The fraction of sp³-hybridized carbons (Fsp3) is 0.647. The molecule has 1 unspecified atom stereocenters. The van der Waals surface area contributed by atoms with Gasteiger partial charge in [-0.2, -0.15) is 0 Å². The highest BCUT2D eigenvalue weighted by molar-refractivity contribution is 5.63. The van der Waals surface area contributed by atoms with Crippen molar-refractivity contribution in [3.63, 3.8) is 0 Å². The van der Waals surface area contributed by atoms with E-state index in [2.05, 4.69) is 45.1 Å². The smallest absolute Gasteiger partial charge is 0.0382 e. The maximum absolute atomic E-state index is 5.99. The zero-order valence-corrected chi connectivity index (χ0v) is 12.6. The van der Waals surface area contributed by atoms with Gasteiger partial charge in [0.1, 0.15) is 0 Å². The lowest BCUT2D eigenvalue weighted by atomic mass is 9.58. The molecule has 0 radical (unpaired) electrons. The summed E-state index contributed by atoms with van der Waals surface area (Å²) < 4.78 is 0. The lowest BCUT2D eigenvalue weighted by molar-refractivity contribution is 0.120. The summed E-state index contributed by atoms with van der Waals surface area (Å²) in [5.74, 6) is 0.717. The zero-order valence-electron chi connectivity index (χ0n) is 12.6. The van der Waals surface area contributed by atoms with Crippen molar-refractivity contribution in [1.29, 1.82) is 0 Å². The molecule has 1 aliphatic heterocycles. The Morgan fingerprint density at radius 3 is 2.68 bits per heavy atom. The SMILES string of the molecule is CC1(C)CC[C@@H]2C(C1)Nc1ccc(N)cc1C2(C)C. The molecule has 1 saturated carbocycles. The molecule has 1 aliphatic carbocycles. The number of nitrogens with one attached hydrogen (secondary N) is 1. The van der Waals surface area contributed by atoms with E-state index in [9.17, 15) is 0 Å². The lowest BCUT2D eigenvalue weighted by Gasteiger charge is -2.52. The number of nitrogens with two attached hydrogens (primary N) is 1. The van der Waals surface area contributed by atoms with Crippen molar-refractivity contribution in [1.82, 2.24) is 0 Å². The van der Waals surface area contributed by atoms with E-state index in [0.29, 0.717) is 11.5 Å². The van der Waals surface area contributed by atoms with Crippen molar-refractivity contribution in [2.75, 3.05) is 11.1 Å². The second-order valence-electron chi connectivity index (χ2n) is 7.79. The van der Waals surface area contributed by atoms with E-state index in [4.69, 9.17) is 5.73 Å². The van der Waals surface area contributed by atoms with Gasteiger partial charge in [0.05, 0.1) is 0 Å². The first-order valence-corrected chi connectivity index (χ1v) is 7.46. The summed E-state index contributed by atoms with van der Waals surface area (Å²) in [5.41, 5.74) is 10.2. The Kier molecular flexibility index (Phi) is 2.64. The molecule has 3 N–H and O–H groups in total. The molecular weight excluding hydrogens is 232 g/mol. The van der Waals surface area contributed by atoms with Crippen LogP contribution in [0.4, 0.5) is 11.4 Å². The zero-order chi connectivity index (χ0) is 13.8. The van der Waals surface area contributed by atoms with E-state index < -0.39 is 0 Å². The van der Waals surface area contributed by atoms with E-state index in [1.165, 1.54) is 30.5 Å². The molecule has 19 heavy (non-hydrogen) atoms. The molecule has 104 valence electrons. The lowest BCUT2D eigenvalue weighted by Crippen LogP contribution is -2.50. The number of benzene rings is 1. The summed E-state index contributed by atoms with van der Waals surface area (Å²) in [6, 6.07) is 6.94. The van der Waals surface area contributed by atoms with Crippen molar-refractivity contribution in [2.24, 2.45) is 11.3 Å². The molecule has 2 nitrogen and oxygen atoms in total. The monoisotopic (exact) mass is 258 g/mol. The van der Waals surface area contributed by atoms with E-state index in [0.717, 1.165) is 11.6 Å². The summed E-state index contributed by atoms with van der Waals surface area (Å²) in [5, 5.41) is 3.78. The van der Waals surface area contributed by atoms with Gasteiger partial charge in [-0.15, -0.1) is 0 Å². The summed E-state index contributed by atoms with van der Waals surface area (Å²) in [4.78, 5) is 0. The molecule has 0 saturated heterocycles. The first-order chi connectivity index (χ1) is 8.79. The molecular formula is C17H26N2. The highest BCUT2D eigenvalue weighted by atomic mass is 15.0. The van der Waals surface area contributed by atoms with Crippen molar-refractivity contribution in [2.45, 2.75) is 58.4 Å². The normalized spacial score (nSPS) is 30.9. The van der Waals surface area contributed by atoms with Crippen LogP contribution in [0.3, 0.4) is 0 Å². The van der Waals surface area contributed by atoms with Crippen molar-refractivity contribution >= 4 is 11.4 Å². The minimum absolute atomic E-state index is 0.219. The third-order valence-electron chi connectivity index (χ3n) is 5.40. The minimum Gasteiger partial charge on any atom is -0.399 e. The number of fused-ring (bicyclic) bond motifs is 2. The number of hydrogen-bond acceptors (Lipinski definition) is 2. The van der Waals surface area contributed by atoms with Crippen LogP contribution in [-0.4, -0.2) is 6.04 Å². The summed E-state index contributed by atoms with van der Waals surface area (Å²) in [6.45, 7) is 9.58. The predicted octanol–water partition coefficient (Wildman–Crippen LogP) is 4.17. The van der Waals surface area contributed by atoms with Gasteiger partial charge in [0.25, 0.3) is 0 Å². The van der Waals surface area contributed by atoms with Crippen LogP contribution >= 0.6 is 0 Å². The van der Waals surface area contributed by atoms with E-state index in [-0.39, 0.29) is 5.41 Å². The van der Waals surface area contributed by atoms with Gasteiger partial charge >= 0.3 is 0 Å². The van der Waals surface area contributed by atoms with Gasteiger partial charge in [0.15, 0.2) is 0 Å². The third kappa shape index (κ3) is 2.01. The van der Waals surface area contributed by atoms with Crippen LogP contribution in [0.1, 0.15) is 52.5 Å². The van der Waals surface area contributed by atoms with Gasteiger partial charge in [-0.1, -0.05) is 27.7 Å². The van der Waals surface area contributed by atoms with Crippen LogP contribution in [0.15, 0.2) is 18.2 Å². The highest BCUT2D eigenvalue weighted by Gasteiger charge is 2.46. The van der Waals surface area contributed by atoms with E-state index in [1.54, 1.807) is 0 Å². The Morgan fingerprint density at radius 1 is 1.21 bits per heavy atom. The molecule has 3 rings (SSSR count). The van der Waals surface area contributed by atoms with Crippen LogP contribution in [-0.2, 0) is 5.41 Å². The molecule has 2 heteroatoms. The number of anilines is 2. The fourth-order valence-corrected chi connectivity index (χ4v) is 4.22. The number of rotatable bonds is 0. The largest absolute Gasteiger partial charge is 0.399 e. The van der Waals surface area contributed by atoms with Gasteiger partial charge in [0.2, 0.25) is 0 Å². The Morgan fingerprint density at radius 2 is 1.95 bits per heavy atom. The highest BCUT2D eigenvalue weighted by Crippen LogP contribution is 2.52. The Bertz CT molecular complexity index is 502. The van der Waals surface area contributed by atoms with Gasteiger partial charge in [-0.05, 0) is 59.8 Å². The molecule has 0 amide bonds. The molecule has 2 aliphatic rings. The summed E-state index contributed by atoms with van der Waals surface area (Å²) in [7, 11) is 0. The van der Waals surface area contributed by atoms with Crippen LogP contribution in [0, 0.1) is 11.3 Å². The summed E-state index contributed by atoms with van der Waals surface area (Å²) >= 11 is 0. The second kappa shape index (κ2) is 3.91. The summed E-state index contributed by atoms with van der Waals surface area (Å²) in [6.07, 6.45) is 3.91. The van der Waals surface area contributed by atoms with Gasteiger partial charge in [0, 0.05) is 17.4 Å². The minimum atomic E-state index is 0.219. The molecule has 1 fully saturated rings. The van der Waals surface area contributed by atoms with Crippen molar-refractivity contribution in [3.05, 3.63) is 23.8 Å². The maximum atomic E-state index is 5.99. The Balaban J connectivity index is 2.03. The van der Waals surface area contributed by atoms with Gasteiger partial charge in [-0.3, -0.25) is 0 Å². The standard InChI is InChI=1S/C17H26N2/c1-16(2)8-7-12-15(10-16)19-14-6-5-11(18)9-13(14)17(12,3)4/h5-6,9,12,15,19H,7-8,10,18H2,1-4H3/t12-,15?/m1/s1. The van der Waals surface area contributed by atoms with Crippen molar-refractivity contribution < 1.29 is 0 Å². The van der Waals surface area contributed by atoms with Crippen LogP contribution in [0.2, 0.25) is 0 Å². The van der Waals surface area contributed by atoms with E-state index >= 15 is 0 Å². The average molecular weight is 258 g/mol. The molecule has 0 bridgehead atoms. The Hall–Kier alpha value is -1.18. The van der Waals surface area contributed by atoms with Gasteiger partial charge in [-0.25, -0.2) is 0 Å². The Labute approximate surface area is 116 Å². The van der Waals surface area contributed by atoms with Crippen LogP contribution < -0.4 is 11.1 Å². The molecule has 0 aromatic heterocycles. The molecule has 1 heterocycles. The van der Waals surface area contributed by atoms with Crippen LogP contribution in [0.5, 0.6) is 0 Å².